The number of hydrogen-bond donors (Lipinski definition) is 2. The minimum Gasteiger partial charge on any atom is -0.495 e. The first kappa shape index (κ1) is 13.0. The Hall–Kier alpha value is -1.42. The van der Waals surface area contributed by atoms with E-state index in [1.807, 2.05) is 7.05 Å². The summed E-state index contributed by atoms with van der Waals surface area (Å²) in [7, 11) is 3.62. The molecule has 0 amide bonds. The third-order valence-electron chi connectivity index (χ3n) is 3.55. The van der Waals surface area contributed by atoms with Crippen molar-refractivity contribution in [2.75, 3.05) is 37.5 Å². The highest BCUT2D eigenvalue weighted by Crippen LogP contribution is 2.30. The maximum atomic E-state index is 5.42. The van der Waals surface area contributed by atoms with Gasteiger partial charge in [0.05, 0.1) is 12.8 Å². The summed E-state index contributed by atoms with van der Waals surface area (Å²) >= 11 is 0. The Morgan fingerprint density at radius 3 is 2.83 bits per heavy atom. The molecule has 0 saturated carbocycles. The molecule has 0 aliphatic carbocycles. The number of piperazine rings is 1. The lowest BCUT2D eigenvalue weighted by atomic mass is 10.1. The molecule has 0 aromatic heterocycles. The third kappa shape index (κ3) is 2.53. The lowest BCUT2D eigenvalue weighted by Crippen LogP contribution is -2.54. The van der Waals surface area contributed by atoms with Gasteiger partial charge in [0.2, 0.25) is 0 Å². The number of nitrogens with zero attached hydrogens (tertiary/aromatic N) is 1. The topological polar surface area (TPSA) is 36.5 Å². The summed E-state index contributed by atoms with van der Waals surface area (Å²) in [6.45, 7) is 6.52. The Morgan fingerprint density at radius 1 is 1.39 bits per heavy atom. The van der Waals surface area contributed by atoms with Gasteiger partial charge in [0.15, 0.2) is 0 Å². The molecule has 2 atom stereocenters. The minimum atomic E-state index is 0.506. The predicted molar refractivity (Wildman–Crippen MR) is 76.8 cm³/mol. The van der Waals surface area contributed by atoms with Crippen LogP contribution in [0.25, 0.3) is 0 Å². The van der Waals surface area contributed by atoms with Crippen LogP contribution in [0.1, 0.15) is 13.8 Å². The van der Waals surface area contributed by atoms with Gasteiger partial charge in [0.1, 0.15) is 5.75 Å². The van der Waals surface area contributed by atoms with Crippen molar-refractivity contribution in [3.63, 3.8) is 0 Å². The van der Waals surface area contributed by atoms with Gasteiger partial charge in [-0.15, -0.1) is 0 Å². The highest BCUT2D eigenvalue weighted by Gasteiger charge is 2.23. The number of anilines is 2. The summed E-state index contributed by atoms with van der Waals surface area (Å²) in [5, 5.41) is 6.64. The zero-order chi connectivity index (χ0) is 13.1. The fraction of sp³-hybridized carbons (Fsp3) is 0.571. The van der Waals surface area contributed by atoms with Crippen LogP contribution in [0.5, 0.6) is 5.75 Å². The first-order valence-corrected chi connectivity index (χ1v) is 6.51. The van der Waals surface area contributed by atoms with Gasteiger partial charge in [-0.3, -0.25) is 0 Å². The van der Waals surface area contributed by atoms with Crippen molar-refractivity contribution < 1.29 is 4.74 Å². The van der Waals surface area contributed by atoms with Gasteiger partial charge in [-0.05, 0) is 26.0 Å². The molecule has 4 nitrogen and oxygen atoms in total. The molecule has 4 heteroatoms. The van der Waals surface area contributed by atoms with E-state index in [4.69, 9.17) is 4.74 Å². The Kier molecular flexibility index (Phi) is 3.97. The van der Waals surface area contributed by atoms with Crippen LogP contribution in [0.2, 0.25) is 0 Å². The number of rotatable bonds is 3. The molecule has 2 rings (SSSR count). The molecule has 18 heavy (non-hydrogen) atoms. The van der Waals surface area contributed by atoms with Crippen LogP contribution in [0.15, 0.2) is 18.2 Å². The van der Waals surface area contributed by atoms with Gasteiger partial charge < -0.3 is 20.3 Å². The second-order valence-corrected chi connectivity index (χ2v) is 4.95. The first-order valence-electron chi connectivity index (χ1n) is 6.51. The summed E-state index contributed by atoms with van der Waals surface area (Å²) < 4.78 is 5.42. The van der Waals surface area contributed by atoms with Gasteiger partial charge in [0, 0.05) is 44.0 Å². The number of ether oxygens (including phenoxy) is 1. The quantitative estimate of drug-likeness (QED) is 0.858. The molecule has 1 aliphatic rings. The molecule has 0 spiro atoms. The highest BCUT2D eigenvalue weighted by molar-refractivity contribution is 5.64. The molecular formula is C14H23N3O. The lowest BCUT2D eigenvalue weighted by Gasteiger charge is -2.39. The second-order valence-electron chi connectivity index (χ2n) is 4.95. The van der Waals surface area contributed by atoms with E-state index in [-0.39, 0.29) is 0 Å². The summed E-state index contributed by atoms with van der Waals surface area (Å²) in [5.41, 5.74) is 2.25. The number of hydrogen-bond acceptors (Lipinski definition) is 4. The smallest absolute Gasteiger partial charge is 0.144 e. The van der Waals surface area contributed by atoms with Crippen LogP contribution in [-0.4, -0.2) is 39.3 Å². The Balaban J connectivity index is 2.26. The lowest BCUT2D eigenvalue weighted by molar-refractivity contribution is 0.412. The summed E-state index contributed by atoms with van der Waals surface area (Å²) in [6.07, 6.45) is 0. The molecule has 100 valence electrons. The van der Waals surface area contributed by atoms with Crippen molar-refractivity contribution in [1.29, 1.82) is 0 Å². The number of benzene rings is 1. The molecule has 1 fully saturated rings. The van der Waals surface area contributed by atoms with Crippen molar-refractivity contribution in [1.82, 2.24) is 5.32 Å². The molecule has 0 unspecified atom stereocenters. The van der Waals surface area contributed by atoms with Crippen LogP contribution >= 0.6 is 0 Å². The van der Waals surface area contributed by atoms with Crippen LogP contribution in [0, 0.1) is 0 Å². The Morgan fingerprint density at radius 2 is 2.17 bits per heavy atom. The first-order chi connectivity index (χ1) is 8.65. The third-order valence-corrected chi connectivity index (χ3v) is 3.55. The SMILES string of the molecule is CNc1ccc(N2C[C@H](C)NC[C@H]2C)cc1OC. The largest absolute Gasteiger partial charge is 0.495 e. The molecule has 2 N–H and O–H groups in total. The number of nitrogens with one attached hydrogen (secondary N) is 2. The second kappa shape index (κ2) is 5.48. The monoisotopic (exact) mass is 249 g/mol. The fourth-order valence-electron chi connectivity index (χ4n) is 2.45. The summed E-state index contributed by atoms with van der Waals surface area (Å²) in [4.78, 5) is 2.43. The van der Waals surface area contributed by atoms with E-state index in [1.54, 1.807) is 7.11 Å². The molecule has 1 aromatic carbocycles. The molecular weight excluding hydrogens is 226 g/mol. The summed E-state index contributed by atoms with van der Waals surface area (Å²) in [5.74, 6) is 0.897. The molecule has 1 aliphatic heterocycles. The molecule has 1 saturated heterocycles. The predicted octanol–water partition coefficient (Wildman–Crippen LogP) is 1.92. The van der Waals surface area contributed by atoms with Crippen molar-refractivity contribution >= 4 is 11.4 Å². The zero-order valence-electron chi connectivity index (χ0n) is 11.7. The zero-order valence-corrected chi connectivity index (χ0v) is 11.7. The van der Waals surface area contributed by atoms with E-state index in [0.717, 1.165) is 24.5 Å². The maximum absolute atomic E-state index is 5.42. The average molecular weight is 249 g/mol. The van der Waals surface area contributed by atoms with Crippen LogP contribution in [0.4, 0.5) is 11.4 Å². The standard InChI is InChI=1S/C14H23N3O/c1-10-9-17(11(2)8-16-10)12-5-6-13(15-3)14(7-12)18-4/h5-7,10-11,15-16H,8-9H2,1-4H3/t10-,11+/m0/s1. The van der Waals surface area contributed by atoms with E-state index in [9.17, 15) is 0 Å². The summed E-state index contributed by atoms with van der Waals surface area (Å²) in [6, 6.07) is 7.37. The van der Waals surface area contributed by atoms with E-state index in [0.29, 0.717) is 12.1 Å². The minimum absolute atomic E-state index is 0.506. The Labute approximate surface area is 109 Å². The van der Waals surface area contributed by atoms with E-state index >= 15 is 0 Å². The molecule has 0 bridgehead atoms. The fourth-order valence-corrected chi connectivity index (χ4v) is 2.45. The van der Waals surface area contributed by atoms with Crippen LogP contribution < -0.4 is 20.3 Å². The van der Waals surface area contributed by atoms with Crippen molar-refractivity contribution in [3.8, 4) is 5.75 Å². The van der Waals surface area contributed by atoms with Gasteiger partial charge in [0.25, 0.3) is 0 Å². The maximum Gasteiger partial charge on any atom is 0.144 e. The van der Waals surface area contributed by atoms with Gasteiger partial charge in [-0.2, -0.15) is 0 Å². The molecule has 1 aromatic rings. The van der Waals surface area contributed by atoms with Gasteiger partial charge in [-0.1, -0.05) is 0 Å². The Bertz CT molecular complexity index is 408. The van der Waals surface area contributed by atoms with Crippen molar-refractivity contribution in [3.05, 3.63) is 18.2 Å². The van der Waals surface area contributed by atoms with E-state index < -0.39 is 0 Å². The average Bonchev–Trinajstić information content (AvgIpc) is 2.40. The van der Waals surface area contributed by atoms with Crippen LogP contribution in [0.3, 0.4) is 0 Å². The van der Waals surface area contributed by atoms with Gasteiger partial charge in [-0.25, -0.2) is 0 Å². The van der Waals surface area contributed by atoms with E-state index in [2.05, 4.69) is 47.6 Å². The van der Waals surface area contributed by atoms with Crippen LogP contribution in [-0.2, 0) is 0 Å². The normalized spacial score (nSPS) is 23.9. The molecule has 1 heterocycles. The van der Waals surface area contributed by atoms with E-state index in [1.165, 1.54) is 5.69 Å². The van der Waals surface area contributed by atoms with Crippen molar-refractivity contribution in [2.24, 2.45) is 0 Å². The van der Waals surface area contributed by atoms with Gasteiger partial charge >= 0.3 is 0 Å². The van der Waals surface area contributed by atoms with Crippen molar-refractivity contribution in [2.45, 2.75) is 25.9 Å². The molecule has 0 radical (unpaired) electrons. The highest BCUT2D eigenvalue weighted by atomic mass is 16.5. The number of methoxy groups -OCH3 is 1.